The van der Waals surface area contributed by atoms with Crippen LogP contribution in [0, 0.1) is 0 Å². The Bertz CT molecular complexity index is 394. The van der Waals surface area contributed by atoms with Crippen molar-refractivity contribution in [2.75, 3.05) is 18.1 Å². The van der Waals surface area contributed by atoms with Crippen molar-refractivity contribution in [3.8, 4) is 0 Å². The largest absolute Gasteiger partial charge is 0.476 e. The Kier molecular flexibility index (Phi) is 5.51. The van der Waals surface area contributed by atoms with E-state index in [0.717, 1.165) is 12.8 Å². The van der Waals surface area contributed by atoms with E-state index in [0.29, 0.717) is 12.4 Å². The molecule has 0 radical (unpaired) electrons. The molecule has 0 aromatic carbocycles. The van der Waals surface area contributed by atoms with Crippen molar-refractivity contribution < 1.29 is 15.0 Å². The maximum absolute atomic E-state index is 10.9. The van der Waals surface area contributed by atoms with Gasteiger partial charge in [0.05, 0.1) is 19.0 Å². The lowest BCUT2D eigenvalue weighted by Crippen LogP contribution is -2.37. The molecule has 6 heteroatoms. The molecular formula is C12H19N3O3. The van der Waals surface area contributed by atoms with Crippen LogP contribution in [0.15, 0.2) is 12.4 Å². The number of aromatic nitrogens is 2. The van der Waals surface area contributed by atoms with E-state index in [1.165, 1.54) is 12.4 Å². The van der Waals surface area contributed by atoms with Crippen LogP contribution in [0.4, 0.5) is 5.82 Å². The van der Waals surface area contributed by atoms with Crippen LogP contribution in [0.25, 0.3) is 0 Å². The summed E-state index contributed by atoms with van der Waals surface area (Å²) in [6.07, 6.45) is 4.54. The van der Waals surface area contributed by atoms with E-state index in [4.69, 9.17) is 10.2 Å². The summed E-state index contributed by atoms with van der Waals surface area (Å²) in [6, 6.07) is 0.218. The second-order valence-corrected chi connectivity index (χ2v) is 3.95. The van der Waals surface area contributed by atoms with Gasteiger partial charge in [0.15, 0.2) is 5.69 Å². The van der Waals surface area contributed by atoms with Crippen LogP contribution in [-0.4, -0.2) is 45.3 Å². The molecule has 100 valence electrons. The third-order valence-corrected chi connectivity index (χ3v) is 2.86. The molecule has 1 rings (SSSR count). The van der Waals surface area contributed by atoms with E-state index in [1.807, 2.05) is 18.7 Å². The summed E-state index contributed by atoms with van der Waals surface area (Å²) in [4.78, 5) is 20.7. The number of aliphatic hydroxyl groups excluding tert-OH is 1. The van der Waals surface area contributed by atoms with E-state index in [-0.39, 0.29) is 18.3 Å². The maximum atomic E-state index is 10.9. The van der Waals surface area contributed by atoms with Gasteiger partial charge in [-0.05, 0) is 12.8 Å². The lowest BCUT2D eigenvalue weighted by molar-refractivity contribution is 0.0690. The Morgan fingerprint density at radius 2 is 2.06 bits per heavy atom. The van der Waals surface area contributed by atoms with E-state index in [2.05, 4.69) is 9.97 Å². The van der Waals surface area contributed by atoms with Gasteiger partial charge < -0.3 is 15.1 Å². The monoisotopic (exact) mass is 253 g/mol. The first-order valence-electron chi connectivity index (χ1n) is 6.06. The molecule has 6 nitrogen and oxygen atoms in total. The van der Waals surface area contributed by atoms with Gasteiger partial charge in [-0.1, -0.05) is 13.8 Å². The molecule has 1 heterocycles. The summed E-state index contributed by atoms with van der Waals surface area (Å²) >= 11 is 0. The van der Waals surface area contributed by atoms with Crippen molar-refractivity contribution in [3.63, 3.8) is 0 Å². The van der Waals surface area contributed by atoms with Gasteiger partial charge in [0.25, 0.3) is 0 Å². The number of carbonyl (C=O) groups is 1. The summed E-state index contributed by atoms with van der Waals surface area (Å²) < 4.78 is 0. The summed E-state index contributed by atoms with van der Waals surface area (Å²) in [5, 5.41) is 18.0. The van der Waals surface area contributed by atoms with Gasteiger partial charge in [0, 0.05) is 12.6 Å². The minimum Gasteiger partial charge on any atom is -0.476 e. The number of nitrogens with zero attached hydrogens (tertiary/aromatic N) is 3. The number of hydrogen-bond acceptors (Lipinski definition) is 5. The predicted octanol–water partition coefficient (Wildman–Crippen LogP) is 1.16. The van der Waals surface area contributed by atoms with E-state index >= 15 is 0 Å². The second kappa shape index (κ2) is 6.90. The zero-order valence-electron chi connectivity index (χ0n) is 10.7. The minimum absolute atomic E-state index is 0.00449. The van der Waals surface area contributed by atoms with Crippen molar-refractivity contribution in [2.45, 2.75) is 32.7 Å². The highest BCUT2D eigenvalue weighted by atomic mass is 16.4. The summed E-state index contributed by atoms with van der Waals surface area (Å²) in [5.41, 5.74) is -0.0820. The Morgan fingerprint density at radius 3 is 2.56 bits per heavy atom. The number of carboxylic acids is 1. The molecule has 0 atom stereocenters. The van der Waals surface area contributed by atoms with Gasteiger partial charge >= 0.3 is 5.97 Å². The average molecular weight is 253 g/mol. The highest BCUT2D eigenvalue weighted by molar-refractivity contribution is 5.85. The van der Waals surface area contributed by atoms with Gasteiger partial charge in [-0.3, -0.25) is 4.98 Å². The highest BCUT2D eigenvalue weighted by Gasteiger charge is 2.18. The smallest absolute Gasteiger partial charge is 0.356 e. The second-order valence-electron chi connectivity index (χ2n) is 3.95. The topological polar surface area (TPSA) is 86.5 Å². The Hall–Kier alpha value is -1.69. The highest BCUT2D eigenvalue weighted by Crippen LogP contribution is 2.17. The van der Waals surface area contributed by atoms with Crippen LogP contribution in [0.2, 0.25) is 0 Å². The molecule has 2 N–H and O–H groups in total. The van der Waals surface area contributed by atoms with Crippen LogP contribution in [-0.2, 0) is 0 Å². The average Bonchev–Trinajstić information content (AvgIpc) is 2.39. The third-order valence-electron chi connectivity index (χ3n) is 2.86. The van der Waals surface area contributed by atoms with Crippen LogP contribution in [0.1, 0.15) is 37.2 Å². The predicted molar refractivity (Wildman–Crippen MR) is 67.8 cm³/mol. The molecule has 0 fully saturated rings. The Labute approximate surface area is 106 Å². The molecule has 1 aromatic heterocycles. The zero-order chi connectivity index (χ0) is 13.5. The number of aromatic carboxylic acids is 1. The number of carboxylic acid groups (broad SMARTS) is 1. The van der Waals surface area contributed by atoms with Crippen molar-refractivity contribution in [2.24, 2.45) is 0 Å². The summed E-state index contributed by atoms with van der Waals surface area (Å²) in [7, 11) is 0. The first-order valence-corrected chi connectivity index (χ1v) is 6.06. The van der Waals surface area contributed by atoms with Crippen LogP contribution >= 0.6 is 0 Å². The van der Waals surface area contributed by atoms with Crippen molar-refractivity contribution in [1.29, 1.82) is 0 Å². The number of rotatable bonds is 7. The zero-order valence-corrected chi connectivity index (χ0v) is 10.7. The quantitative estimate of drug-likeness (QED) is 0.758. The van der Waals surface area contributed by atoms with Gasteiger partial charge in [0.1, 0.15) is 5.82 Å². The van der Waals surface area contributed by atoms with E-state index < -0.39 is 5.97 Å². The van der Waals surface area contributed by atoms with Crippen LogP contribution < -0.4 is 4.90 Å². The van der Waals surface area contributed by atoms with Crippen molar-refractivity contribution in [1.82, 2.24) is 9.97 Å². The normalized spacial score (nSPS) is 10.7. The molecule has 0 saturated carbocycles. The molecule has 0 bridgehead atoms. The fourth-order valence-electron chi connectivity index (χ4n) is 1.92. The number of hydrogen-bond donors (Lipinski definition) is 2. The Balaban J connectivity index is 3.04. The summed E-state index contributed by atoms with van der Waals surface area (Å²) in [6.45, 7) is 4.51. The minimum atomic E-state index is -1.10. The first-order chi connectivity index (χ1) is 8.63. The molecule has 0 saturated heterocycles. The lowest BCUT2D eigenvalue weighted by Gasteiger charge is -2.30. The van der Waals surface area contributed by atoms with Crippen molar-refractivity contribution >= 4 is 11.8 Å². The fraction of sp³-hybridized carbons (Fsp3) is 0.583. The molecule has 0 aliphatic rings. The molecule has 18 heavy (non-hydrogen) atoms. The molecule has 0 unspecified atom stereocenters. The van der Waals surface area contributed by atoms with Crippen LogP contribution in [0.5, 0.6) is 0 Å². The van der Waals surface area contributed by atoms with Gasteiger partial charge in [-0.2, -0.15) is 0 Å². The first kappa shape index (κ1) is 14.4. The van der Waals surface area contributed by atoms with Gasteiger partial charge in [-0.15, -0.1) is 0 Å². The number of anilines is 1. The molecule has 0 spiro atoms. The SMILES string of the molecule is CCC(CC)N(CCO)c1cncc(C(=O)O)n1. The maximum Gasteiger partial charge on any atom is 0.356 e. The van der Waals surface area contributed by atoms with E-state index in [1.54, 1.807) is 0 Å². The summed E-state index contributed by atoms with van der Waals surface area (Å²) in [5.74, 6) is -0.601. The lowest BCUT2D eigenvalue weighted by atomic mass is 10.1. The van der Waals surface area contributed by atoms with Gasteiger partial charge in [0.2, 0.25) is 0 Å². The van der Waals surface area contributed by atoms with E-state index in [9.17, 15) is 4.79 Å². The molecule has 0 aliphatic heterocycles. The molecule has 0 aliphatic carbocycles. The van der Waals surface area contributed by atoms with Crippen molar-refractivity contribution in [3.05, 3.63) is 18.1 Å². The fourth-order valence-corrected chi connectivity index (χ4v) is 1.92. The number of aliphatic hydroxyl groups is 1. The Morgan fingerprint density at radius 1 is 1.39 bits per heavy atom. The standard InChI is InChI=1S/C12H19N3O3/c1-3-9(4-2)15(5-6-16)11-8-13-7-10(14-11)12(17)18/h7-9,16H,3-6H2,1-2H3,(H,17,18). The van der Waals surface area contributed by atoms with Crippen LogP contribution in [0.3, 0.4) is 0 Å². The molecule has 1 aromatic rings. The molecular weight excluding hydrogens is 234 g/mol. The third kappa shape index (κ3) is 3.40. The van der Waals surface area contributed by atoms with Gasteiger partial charge in [-0.25, -0.2) is 9.78 Å². The molecule has 0 amide bonds.